The number of carbonyl (C=O) groups excluding carboxylic acids is 1. The van der Waals surface area contributed by atoms with Crippen LogP contribution in [0.25, 0.3) is 11.6 Å². The van der Waals surface area contributed by atoms with Gasteiger partial charge in [-0.1, -0.05) is 44.2 Å². The maximum absolute atomic E-state index is 11.9. The molecule has 4 rings (SSSR count). The van der Waals surface area contributed by atoms with Crippen LogP contribution < -0.4 is 0 Å². The first-order chi connectivity index (χ1) is 14.0. The van der Waals surface area contributed by atoms with Gasteiger partial charge in [0, 0.05) is 0 Å². The fraction of sp³-hybridized carbons (Fsp3) is 0.444. The molecule has 0 unspecified atom stereocenters. The first kappa shape index (κ1) is 19.9. The monoisotopic (exact) mass is 388 g/mol. The van der Waals surface area contributed by atoms with Crippen LogP contribution in [0.15, 0.2) is 36.4 Å². The lowest BCUT2D eigenvalue weighted by molar-refractivity contribution is 0.0526. The van der Waals surface area contributed by atoms with Crippen LogP contribution in [-0.4, -0.2) is 12.6 Å². The highest BCUT2D eigenvalue weighted by molar-refractivity contribution is 5.90. The molecule has 2 aromatic rings. The highest BCUT2D eigenvalue weighted by atomic mass is 16.5. The molecule has 29 heavy (non-hydrogen) atoms. The molecule has 2 aliphatic carbocycles. The molecule has 0 saturated heterocycles. The van der Waals surface area contributed by atoms with Crippen LogP contribution in [0.3, 0.4) is 0 Å². The summed E-state index contributed by atoms with van der Waals surface area (Å²) in [6.45, 7) is 9.05. The van der Waals surface area contributed by atoms with Gasteiger partial charge >= 0.3 is 5.97 Å². The molecule has 0 radical (unpaired) electrons. The first-order valence-corrected chi connectivity index (χ1v) is 11.1. The van der Waals surface area contributed by atoms with Gasteiger partial charge in [0.1, 0.15) is 0 Å². The van der Waals surface area contributed by atoms with E-state index in [0.29, 0.717) is 18.1 Å². The van der Waals surface area contributed by atoms with Crippen molar-refractivity contribution in [3.05, 3.63) is 69.8 Å². The average Bonchev–Trinajstić information content (AvgIpc) is 3.30. The lowest BCUT2D eigenvalue weighted by Crippen LogP contribution is -2.05. The molecule has 0 amide bonds. The Morgan fingerprint density at radius 1 is 1.10 bits per heavy atom. The van der Waals surface area contributed by atoms with Crippen molar-refractivity contribution in [3.8, 4) is 0 Å². The fourth-order valence-electron chi connectivity index (χ4n) is 5.17. The predicted molar refractivity (Wildman–Crippen MR) is 120 cm³/mol. The van der Waals surface area contributed by atoms with Gasteiger partial charge in [-0.3, -0.25) is 0 Å². The molecule has 2 atom stereocenters. The van der Waals surface area contributed by atoms with Crippen LogP contribution in [0.1, 0.15) is 97.0 Å². The van der Waals surface area contributed by atoms with Crippen LogP contribution in [0.5, 0.6) is 0 Å². The van der Waals surface area contributed by atoms with E-state index in [1.807, 2.05) is 31.2 Å². The number of allylic oxidation sites excluding steroid dienone is 1. The zero-order chi connectivity index (χ0) is 20.5. The number of hydrogen-bond donors (Lipinski definition) is 0. The minimum atomic E-state index is -0.257. The zero-order valence-corrected chi connectivity index (χ0v) is 18.1. The molecule has 1 fully saturated rings. The Labute approximate surface area is 175 Å². The van der Waals surface area contributed by atoms with Gasteiger partial charge in [0.15, 0.2) is 0 Å². The van der Waals surface area contributed by atoms with Gasteiger partial charge in [0.2, 0.25) is 0 Å². The number of ether oxygens (including phenoxy) is 1. The molecule has 2 nitrogen and oxygen atoms in total. The molecule has 2 bridgehead atoms. The zero-order valence-electron chi connectivity index (χ0n) is 18.1. The van der Waals surface area contributed by atoms with E-state index in [1.165, 1.54) is 36.0 Å². The van der Waals surface area contributed by atoms with E-state index in [4.69, 9.17) is 4.74 Å². The Hall–Kier alpha value is -2.35. The summed E-state index contributed by atoms with van der Waals surface area (Å²) in [6, 6.07) is 12.7. The summed E-state index contributed by atoms with van der Waals surface area (Å²) in [5, 5.41) is 0. The van der Waals surface area contributed by atoms with Crippen LogP contribution in [-0.2, 0) is 11.2 Å². The molecule has 2 aliphatic rings. The number of fused-ring (bicyclic) bond motifs is 5. The van der Waals surface area contributed by atoms with E-state index >= 15 is 0 Å². The van der Waals surface area contributed by atoms with Gasteiger partial charge in [-0.25, -0.2) is 4.79 Å². The third-order valence-corrected chi connectivity index (χ3v) is 6.48. The van der Waals surface area contributed by atoms with Crippen molar-refractivity contribution >= 4 is 17.6 Å². The van der Waals surface area contributed by atoms with E-state index < -0.39 is 0 Å². The molecule has 0 spiro atoms. The number of esters is 1. The Bertz CT molecular complexity index is 934. The highest BCUT2D eigenvalue weighted by Crippen LogP contribution is 2.54. The standard InChI is InChI=1S/C27H32O2/c1-5-29-27(28)20-8-6-19(7-9-20)13-18(4)24-16-26-22-11-10-21(14-22)25(26)15-23(24)12-17(2)3/h6-9,13,15-17,21-22H,5,10-12,14H2,1-4H3/t21-,22+/m1/s1. The van der Waals surface area contributed by atoms with E-state index in [1.54, 1.807) is 11.1 Å². The number of rotatable bonds is 6. The molecule has 0 heterocycles. The van der Waals surface area contributed by atoms with Gasteiger partial charge in [-0.15, -0.1) is 0 Å². The highest BCUT2D eigenvalue weighted by Gasteiger charge is 2.37. The van der Waals surface area contributed by atoms with Gasteiger partial charge in [-0.05, 0) is 103 Å². The number of benzene rings is 2. The number of carbonyl (C=O) groups is 1. The van der Waals surface area contributed by atoms with Crippen molar-refractivity contribution in [2.24, 2.45) is 5.92 Å². The Kier molecular flexibility index (Phi) is 5.63. The van der Waals surface area contributed by atoms with Crippen molar-refractivity contribution in [1.82, 2.24) is 0 Å². The average molecular weight is 389 g/mol. The van der Waals surface area contributed by atoms with Crippen LogP contribution >= 0.6 is 0 Å². The maximum atomic E-state index is 11.9. The second-order valence-electron chi connectivity index (χ2n) is 9.11. The van der Waals surface area contributed by atoms with Crippen molar-refractivity contribution in [1.29, 1.82) is 0 Å². The quantitative estimate of drug-likeness (QED) is 0.394. The lowest BCUT2D eigenvalue weighted by atomic mass is 9.84. The van der Waals surface area contributed by atoms with Crippen molar-refractivity contribution in [3.63, 3.8) is 0 Å². The predicted octanol–water partition coefficient (Wildman–Crippen LogP) is 6.99. The summed E-state index contributed by atoms with van der Waals surface area (Å²) in [4.78, 5) is 11.9. The molecule has 1 saturated carbocycles. The largest absolute Gasteiger partial charge is 0.462 e. The summed E-state index contributed by atoms with van der Waals surface area (Å²) in [5.74, 6) is 1.96. The number of hydrogen-bond acceptors (Lipinski definition) is 2. The summed E-state index contributed by atoms with van der Waals surface area (Å²) in [7, 11) is 0. The van der Waals surface area contributed by atoms with E-state index in [2.05, 4.69) is 39.0 Å². The SMILES string of the molecule is CCOC(=O)c1ccc(C=C(C)c2cc3c(cc2CC(C)C)[C@@H]2CC[C@H]3C2)cc1. The lowest BCUT2D eigenvalue weighted by Gasteiger charge is -2.21. The smallest absolute Gasteiger partial charge is 0.338 e. The first-order valence-electron chi connectivity index (χ1n) is 11.1. The van der Waals surface area contributed by atoms with Crippen molar-refractivity contribution in [2.45, 2.75) is 65.2 Å². The molecule has 0 aromatic heterocycles. The van der Waals surface area contributed by atoms with Crippen LogP contribution in [0.4, 0.5) is 0 Å². The summed E-state index contributed by atoms with van der Waals surface area (Å²) < 4.78 is 5.08. The van der Waals surface area contributed by atoms with Crippen molar-refractivity contribution < 1.29 is 9.53 Å². The minimum Gasteiger partial charge on any atom is -0.462 e. The molecule has 152 valence electrons. The normalized spacial score (nSPS) is 20.2. The maximum Gasteiger partial charge on any atom is 0.338 e. The summed E-state index contributed by atoms with van der Waals surface area (Å²) in [6.07, 6.45) is 7.46. The van der Waals surface area contributed by atoms with Crippen LogP contribution in [0.2, 0.25) is 0 Å². The van der Waals surface area contributed by atoms with E-state index in [0.717, 1.165) is 23.8 Å². The molecular formula is C27H32O2. The van der Waals surface area contributed by atoms with Gasteiger partial charge in [0.05, 0.1) is 12.2 Å². The second kappa shape index (κ2) is 8.18. The van der Waals surface area contributed by atoms with Crippen molar-refractivity contribution in [2.75, 3.05) is 6.61 Å². The summed E-state index contributed by atoms with van der Waals surface area (Å²) in [5.41, 5.74) is 9.16. The van der Waals surface area contributed by atoms with E-state index in [9.17, 15) is 4.79 Å². The van der Waals surface area contributed by atoms with Gasteiger partial charge in [0.25, 0.3) is 0 Å². The van der Waals surface area contributed by atoms with Crippen LogP contribution in [0, 0.1) is 5.92 Å². The topological polar surface area (TPSA) is 26.3 Å². The Morgan fingerprint density at radius 2 is 1.76 bits per heavy atom. The third-order valence-electron chi connectivity index (χ3n) is 6.48. The Morgan fingerprint density at radius 3 is 2.38 bits per heavy atom. The van der Waals surface area contributed by atoms with Gasteiger partial charge < -0.3 is 4.74 Å². The third kappa shape index (κ3) is 4.03. The Balaban J connectivity index is 1.66. The molecular weight excluding hydrogens is 356 g/mol. The fourth-order valence-corrected chi connectivity index (χ4v) is 5.17. The molecule has 2 heteroatoms. The minimum absolute atomic E-state index is 0.257. The van der Waals surface area contributed by atoms with E-state index in [-0.39, 0.29) is 5.97 Å². The molecule has 2 aromatic carbocycles. The van der Waals surface area contributed by atoms with Gasteiger partial charge in [-0.2, -0.15) is 0 Å². The summed E-state index contributed by atoms with van der Waals surface area (Å²) >= 11 is 0. The molecule has 0 N–H and O–H groups in total. The molecule has 0 aliphatic heterocycles. The second-order valence-corrected chi connectivity index (χ2v) is 9.11.